The van der Waals surface area contributed by atoms with Gasteiger partial charge < -0.3 is 15.1 Å². The summed E-state index contributed by atoms with van der Waals surface area (Å²) in [6, 6.07) is 0.554. The summed E-state index contributed by atoms with van der Waals surface area (Å²) >= 11 is 0. The number of likely N-dealkylation sites (N-methyl/N-ethyl adjacent to an activating group) is 2. The van der Waals surface area contributed by atoms with Gasteiger partial charge in [-0.3, -0.25) is 9.89 Å². The number of aliphatic imine (C=N–C) groups is 1. The van der Waals surface area contributed by atoms with Crippen LogP contribution in [0.25, 0.3) is 0 Å². The minimum absolute atomic E-state index is 0.157. The normalized spacial score (nSPS) is 30.1. The van der Waals surface area contributed by atoms with Gasteiger partial charge in [0.25, 0.3) is 0 Å². The number of hydrogen-bond donors (Lipinski definition) is 1. The molecule has 0 aromatic rings. The molecule has 1 unspecified atom stereocenters. The van der Waals surface area contributed by atoms with E-state index in [1.54, 1.807) is 0 Å². The van der Waals surface area contributed by atoms with Gasteiger partial charge in [-0.15, -0.1) is 0 Å². The zero-order valence-electron chi connectivity index (χ0n) is 14.9. The fourth-order valence-electron chi connectivity index (χ4n) is 3.23. The summed E-state index contributed by atoms with van der Waals surface area (Å²) in [6.07, 6.45) is 0. The SMILES string of the molecule is CN=C(NCC1CN(C)CCN1C)N1CC(C)(C)C1(C)C. The van der Waals surface area contributed by atoms with Gasteiger partial charge in [-0.2, -0.15) is 0 Å². The molecule has 0 amide bonds. The molecule has 1 N–H and O–H groups in total. The van der Waals surface area contributed by atoms with Crippen molar-refractivity contribution in [1.82, 2.24) is 20.0 Å². The third-order valence-electron chi connectivity index (χ3n) is 5.83. The van der Waals surface area contributed by atoms with E-state index >= 15 is 0 Å². The number of hydrogen-bond acceptors (Lipinski definition) is 3. The largest absolute Gasteiger partial charge is 0.355 e. The molecule has 2 aliphatic heterocycles. The van der Waals surface area contributed by atoms with Crippen molar-refractivity contribution < 1.29 is 0 Å². The van der Waals surface area contributed by atoms with E-state index in [4.69, 9.17) is 0 Å². The van der Waals surface area contributed by atoms with Crippen molar-refractivity contribution in [3.05, 3.63) is 0 Å². The Bertz CT molecular complexity index is 401. The molecule has 2 saturated heterocycles. The lowest BCUT2D eigenvalue weighted by Gasteiger charge is -2.62. The molecule has 0 spiro atoms. The molecule has 21 heavy (non-hydrogen) atoms. The topological polar surface area (TPSA) is 34.1 Å². The van der Waals surface area contributed by atoms with Crippen LogP contribution in [0.15, 0.2) is 4.99 Å². The van der Waals surface area contributed by atoms with Crippen LogP contribution in [0.4, 0.5) is 0 Å². The van der Waals surface area contributed by atoms with Crippen LogP contribution in [-0.4, -0.2) is 86.1 Å². The molecule has 0 aromatic heterocycles. The van der Waals surface area contributed by atoms with Crippen LogP contribution in [0.5, 0.6) is 0 Å². The maximum Gasteiger partial charge on any atom is 0.194 e. The minimum Gasteiger partial charge on any atom is -0.355 e. The van der Waals surface area contributed by atoms with Gasteiger partial charge in [0, 0.05) is 56.8 Å². The number of likely N-dealkylation sites (tertiary alicyclic amines) is 1. The molecule has 2 rings (SSSR count). The molecule has 0 saturated carbocycles. The number of piperazine rings is 1. The van der Waals surface area contributed by atoms with Crippen LogP contribution in [-0.2, 0) is 0 Å². The first-order chi connectivity index (χ1) is 9.69. The molecular weight excluding hydrogens is 262 g/mol. The van der Waals surface area contributed by atoms with Gasteiger partial charge in [0.1, 0.15) is 0 Å². The van der Waals surface area contributed by atoms with Crippen LogP contribution in [0.1, 0.15) is 27.7 Å². The minimum atomic E-state index is 0.157. The summed E-state index contributed by atoms with van der Waals surface area (Å²) in [5.74, 6) is 1.04. The molecule has 2 fully saturated rings. The third-order valence-corrected chi connectivity index (χ3v) is 5.83. The molecule has 5 nitrogen and oxygen atoms in total. The average Bonchev–Trinajstić information content (AvgIpc) is 2.41. The van der Waals surface area contributed by atoms with Gasteiger partial charge in [0.05, 0.1) is 0 Å². The molecule has 0 radical (unpaired) electrons. The summed E-state index contributed by atoms with van der Waals surface area (Å²) in [4.78, 5) is 11.8. The van der Waals surface area contributed by atoms with Crippen LogP contribution in [0.2, 0.25) is 0 Å². The highest BCUT2D eigenvalue weighted by Crippen LogP contribution is 2.46. The maximum atomic E-state index is 4.50. The first-order valence-corrected chi connectivity index (χ1v) is 8.06. The first kappa shape index (κ1) is 16.6. The van der Waals surface area contributed by atoms with E-state index in [0.717, 1.165) is 38.7 Å². The van der Waals surface area contributed by atoms with Gasteiger partial charge in [0.2, 0.25) is 0 Å². The molecule has 2 heterocycles. The van der Waals surface area contributed by atoms with Gasteiger partial charge in [-0.1, -0.05) is 13.8 Å². The standard InChI is InChI=1S/C16H33N5/c1-15(2)12-21(16(15,3)4)14(17-5)18-10-13-11-19(6)8-9-20(13)7/h13H,8-12H2,1-7H3,(H,17,18). The molecule has 122 valence electrons. The second kappa shape index (κ2) is 5.76. The predicted molar refractivity (Wildman–Crippen MR) is 89.8 cm³/mol. The molecule has 0 aliphatic carbocycles. The summed E-state index contributed by atoms with van der Waals surface area (Å²) in [6.45, 7) is 14.7. The summed E-state index contributed by atoms with van der Waals surface area (Å²) in [5, 5.41) is 3.59. The van der Waals surface area contributed by atoms with Crippen LogP contribution in [0, 0.1) is 5.41 Å². The molecule has 1 atom stereocenters. The van der Waals surface area contributed by atoms with E-state index in [9.17, 15) is 0 Å². The van der Waals surface area contributed by atoms with Crippen LogP contribution < -0.4 is 5.32 Å². The van der Waals surface area contributed by atoms with Crippen molar-refractivity contribution in [3.63, 3.8) is 0 Å². The summed E-state index contributed by atoms with van der Waals surface area (Å²) < 4.78 is 0. The van der Waals surface area contributed by atoms with E-state index < -0.39 is 0 Å². The number of nitrogens with zero attached hydrogens (tertiary/aromatic N) is 4. The average molecular weight is 295 g/mol. The van der Waals surface area contributed by atoms with E-state index in [-0.39, 0.29) is 5.54 Å². The Morgan fingerprint density at radius 3 is 2.38 bits per heavy atom. The van der Waals surface area contributed by atoms with Crippen molar-refractivity contribution in [2.24, 2.45) is 10.4 Å². The number of rotatable bonds is 2. The predicted octanol–water partition coefficient (Wildman–Crippen LogP) is 0.928. The van der Waals surface area contributed by atoms with Crippen molar-refractivity contribution in [2.45, 2.75) is 39.3 Å². The fraction of sp³-hybridized carbons (Fsp3) is 0.938. The van der Waals surface area contributed by atoms with Crippen molar-refractivity contribution in [1.29, 1.82) is 0 Å². The quantitative estimate of drug-likeness (QED) is 0.607. The lowest BCUT2D eigenvalue weighted by atomic mass is 9.65. The van der Waals surface area contributed by atoms with Crippen molar-refractivity contribution >= 4 is 5.96 Å². The van der Waals surface area contributed by atoms with Crippen LogP contribution in [0.3, 0.4) is 0 Å². The van der Waals surface area contributed by atoms with Crippen molar-refractivity contribution in [2.75, 3.05) is 53.9 Å². The highest BCUT2D eigenvalue weighted by molar-refractivity contribution is 5.82. The fourth-order valence-corrected chi connectivity index (χ4v) is 3.23. The Hall–Kier alpha value is -0.810. The zero-order valence-corrected chi connectivity index (χ0v) is 14.9. The van der Waals surface area contributed by atoms with E-state index in [2.05, 4.69) is 66.8 Å². The zero-order chi connectivity index (χ0) is 15.8. The Labute approximate surface area is 130 Å². The first-order valence-electron chi connectivity index (χ1n) is 8.06. The monoisotopic (exact) mass is 295 g/mol. The highest BCUT2D eigenvalue weighted by atomic mass is 15.4. The van der Waals surface area contributed by atoms with E-state index in [1.165, 1.54) is 0 Å². The third kappa shape index (κ3) is 3.04. The van der Waals surface area contributed by atoms with Gasteiger partial charge >= 0.3 is 0 Å². The highest BCUT2D eigenvalue weighted by Gasteiger charge is 2.53. The van der Waals surface area contributed by atoms with Crippen LogP contribution >= 0.6 is 0 Å². The van der Waals surface area contributed by atoms with Crippen molar-refractivity contribution in [3.8, 4) is 0 Å². The Kier molecular flexibility index (Phi) is 4.54. The summed E-state index contributed by atoms with van der Waals surface area (Å²) in [7, 11) is 6.31. The molecule has 0 aromatic carbocycles. The number of guanidine groups is 1. The lowest BCUT2D eigenvalue weighted by molar-refractivity contribution is -0.0669. The molecule has 0 bridgehead atoms. The van der Waals surface area contributed by atoms with Gasteiger partial charge in [0.15, 0.2) is 5.96 Å². The Balaban J connectivity index is 1.93. The maximum absolute atomic E-state index is 4.50. The lowest BCUT2D eigenvalue weighted by Crippen LogP contribution is -2.73. The van der Waals surface area contributed by atoms with Gasteiger partial charge in [-0.25, -0.2) is 0 Å². The second-order valence-corrected chi connectivity index (χ2v) is 7.85. The molecule has 5 heteroatoms. The van der Waals surface area contributed by atoms with E-state index in [0.29, 0.717) is 11.5 Å². The number of nitrogens with one attached hydrogen (secondary N) is 1. The smallest absolute Gasteiger partial charge is 0.194 e. The molecular formula is C16H33N5. The second-order valence-electron chi connectivity index (χ2n) is 7.85. The van der Waals surface area contributed by atoms with Gasteiger partial charge in [-0.05, 0) is 27.9 Å². The van der Waals surface area contributed by atoms with E-state index in [1.807, 2.05) is 7.05 Å². The molecule has 2 aliphatic rings. The summed E-state index contributed by atoms with van der Waals surface area (Å²) in [5.41, 5.74) is 0.497. The Morgan fingerprint density at radius 2 is 1.86 bits per heavy atom. The Morgan fingerprint density at radius 1 is 1.19 bits per heavy atom.